The van der Waals surface area contributed by atoms with Crippen molar-refractivity contribution in [2.75, 3.05) is 18.5 Å². The zero-order chi connectivity index (χ0) is 25.8. The molecule has 0 fully saturated rings. The second-order valence-corrected chi connectivity index (χ2v) is 9.47. The van der Waals surface area contributed by atoms with Gasteiger partial charge in [-0.2, -0.15) is 0 Å². The summed E-state index contributed by atoms with van der Waals surface area (Å²) in [6.45, 7) is 1.77. The number of amides is 2. The quantitative estimate of drug-likeness (QED) is 0.312. The average molecular weight is 591 g/mol. The van der Waals surface area contributed by atoms with Crippen LogP contribution in [0.5, 0.6) is 5.75 Å². The van der Waals surface area contributed by atoms with E-state index in [-0.39, 0.29) is 36.4 Å². The van der Waals surface area contributed by atoms with Crippen molar-refractivity contribution >= 4 is 62.3 Å². The van der Waals surface area contributed by atoms with Crippen LogP contribution in [0.25, 0.3) is 5.65 Å². The summed E-state index contributed by atoms with van der Waals surface area (Å²) in [7, 11) is 1.58. The third-order valence-corrected chi connectivity index (χ3v) is 7.22. The predicted octanol–water partition coefficient (Wildman–Crippen LogP) is 5.01. The van der Waals surface area contributed by atoms with Crippen LogP contribution in [0.4, 0.5) is 5.69 Å². The number of hydrogen-bond acceptors (Lipinski definition) is 5. The number of aryl methyl sites for hydroxylation is 1. The Hall–Kier alpha value is -3.14. The second kappa shape index (κ2) is 11.3. The van der Waals surface area contributed by atoms with E-state index in [1.165, 1.54) is 4.90 Å². The van der Waals surface area contributed by atoms with Crippen molar-refractivity contribution in [3.63, 3.8) is 0 Å². The van der Waals surface area contributed by atoms with Crippen LogP contribution >= 0.6 is 39.1 Å². The van der Waals surface area contributed by atoms with Gasteiger partial charge in [-0.1, -0.05) is 29.3 Å². The van der Waals surface area contributed by atoms with Crippen molar-refractivity contribution < 1.29 is 14.3 Å². The van der Waals surface area contributed by atoms with Gasteiger partial charge in [0.05, 0.1) is 29.4 Å². The third kappa shape index (κ3) is 5.64. The number of likely N-dealkylation sites (N-methyl/N-ethyl adjacent to an activating group) is 1. The summed E-state index contributed by atoms with van der Waals surface area (Å²) in [6.07, 6.45) is 3.57. The van der Waals surface area contributed by atoms with E-state index in [1.807, 2.05) is 29.7 Å². The molecule has 8 nitrogen and oxygen atoms in total. The lowest BCUT2D eigenvalue weighted by Gasteiger charge is -2.21. The van der Waals surface area contributed by atoms with Crippen molar-refractivity contribution in [3.05, 3.63) is 86.5 Å². The van der Waals surface area contributed by atoms with E-state index in [1.54, 1.807) is 43.6 Å². The first-order valence-corrected chi connectivity index (χ1v) is 12.5. The molecular weight excluding hydrogens is 569 g/mol. The van der Waals surface area contributed by atoms with Crippen molar-refractivity contribution in [1.82, 2.24) is 19.7 Å². The summed E-state index contributed by atoms with van der Waals surface area (Å²) in [5.41, 5.74) is 3.07. The molecule has 0 unspecified atom stereocenters. The molecule has 4 rings (SSSR count). The Balaban J connectivity index is 1.44. The highest BCUT2D eigenvalue weighted by Crippen LogP contribution is 2.35. The van der Waals surface area contributed by atoms with Crippen LogP contribution in [-0.4, -0.2) is 39.8 Å². The molecule has 186 valence electrons. The monoisotopic (exact) mass is 589 g/mol. The predicted molar refractivity (Wildman–Crippen MR) is 143 cm³/mol. The van der Waals surface area contributed by atoms with Crippen molar-refractivity contribution in [2.45, 2.75) is 20.0 Å². The lowest BCUT2D eigenvalue weighted by Crippen LogP contribution is -2.39. The number of nitrogens with one attached hydrogen (secondary N) is 1. The number of hydrogen-bond donors (Lipinski definition) is 1. The van der Waals surface area contributed by atoms with Gasteiger partial charge in [0.2, 0.25) is 11.8 Å². The summed E-state index contributed by atoms with van der Waals surface area (Å²) in [5, 5.41) is 3.31. The van der Waals surface area contributed by atoms with Crippen LogP contribution in [0, 0.1) is 6.92 Å². The normalized spacial score (nSPS) is 10.9. The van der Waals surface area contributed by atoms with Crippen LogP contribution in [0.3, 0.4) is 0 Å². The van der Waals surface area contributed by atoms with E-state index in [2.05, 4.69) is 31.2 Å². The van der Waals surface area contributed by atoms with Gasteiger partial charge in [0.1, 0.15) is 11.2 Å². The Bertz CT molecular complexity index is 1430. The Morgan fingerprint density at radius 1 is 1.17 bits per heavy atom. The Kier molecular flexibility index (Phi) is 8.13. The Labute approximate surface area is 226 Å². The molecule has 36 heavy (non-hydrogen) atoms. The number of pyridine rings is 2. The summed E-state index contributed by atoms with van der Waals surface area (Å²) >= 11 is 16.6. The highest BCUT2D eigenvalue weighted by Gasteiger charge is 2.20. The standard InChI is InChI=1S/C25H22BrCl2N5O3/c1-15-24(26)33-11-5-7-20(25(33)31-15)36-14-17-18(27)8-9-19(23(17)28)32(2)22(35)13-30-21(34)12-16-6-3-4-10-29-16/h3-11H,12-14H2,1-2H3,(H,30,34). The van der Waals surface area contributed by atoms with E-state index in [4.69, 9.17) is 27.9 Å². The number of fused-ring (bicyclic) bond motifs is 1. The molecular formula is C25H22BrCl2N5O3. The number of anilines is 1. The highest BCUT2D eigenvalue weighted by atomic mass is 79.9. The summed E-state index contributed by atoms with van der Waals surface area (Å²) in [6, 6.07) is 12.3. The van der Waals surface area contributed by atoms with Crippen LogP contribution in [0.15, 0.2) is 59.5 Å². The van der Waals surface area contributed by atoms with E-state index in [0.717, 1.165) is 10.3 Å². The summed E-state index contributed by atoms with van der Waals surface area (Å²) in [5.74, 6) is -0.0893. The lowest BCUT2D eigenvalue weighted by atomic mass is 10.2. The maximum Gasteiger partial charge on any atom is 0.246 e. The molecule has 11 heteroatoms. The highest BCUT2D eigenvalue weighted by molar-refractivity contribution is 9.10. The zero-order valence-corrected chi connectivity index (χ0v) is 22.6. The van der Waals surface area contributed by atoms with Crippen molar-refractivity contribution in [3.8, 4) is 5.75 Å². The number of benzene rings is 1. The number of imidazole rings is 1. The second-order valence-electron chi connectivity index (χ2n) is 7.93. The van der Waals surface area contributed by atoms with Gasteiger partial charge in [0.15, 0.2) is 11.4 Å². The molecule has 0 atom stereocenters. The largest absolute Gasteiger partial charge is 0.485 e. The third-order valence-electron chi connectivity index (χ3n) is 5.49. The molecule has 0 bridgehead atoms. The van der Waals surface area contributed by atoms with Gasteiger partial charge in [-0.25, -0.2) is 4.98 Å². The number of nitrogens with zero attached hydrogens (tertiary/aromatic N) is 4. The van der Waals surface area contributed by atoms with Crippen LogP contribution < -0.4 is 15.0 Å². The zero-order valence-electron chi connectivity index (χ0n) is 19.5. The minimum absolute atomic E-state index is 0.0670. The molecule has 3 heterocycles. The van der Waals surface area contributed by atoms with Gasteiger partial charge in [0, 0.05) is 35.7 Å². The minimum Gasteiger partial charge on any atom is -0.485 e. The number of rotatable bonds is 8. The maximum absolute atomic E-state index is 12.8. The van der Waals surface area contributed by atoms with Crippen LogP contribution in [0.1, 0.15) is 17.0 Å². The minimum atomic E-state index is -0.344. The molecule has 2 amide bonds. The van der Waals surface area contributed by atoms with Crippen molar-refractivity contribution in [1.29, 1.82) is 0 Å². The SMILES string of the molecule is Cc1nc2c(OCc3c(Cl)ccc(N(C)C(=O)CNC(=O)Cc4ccccn4)c3Cl)cccn2c1Br. The van der Waals surface area contributed by atoms with E-state index < -0.39 is 0 Å². The van der Waals surface area contributed by atoms with Crippen LogP contribution in [-0.2, 0) is 22.6 Å². The molecule has 0 spiro atoms. The first kappa shape index (κ1) is 25.9. The molecule has 0 aliphatic heterocycles. The van der Waals surface area contributed by atoms with Crippen molar-refractivity contribution in [2.24, 2.45) is 0 Å². The molecule has 0 aliphatic carbocycles. The number of aromatic nitrogens is 3. The number of carbonyl (C=O) groups is 2. The molecule has 3 aromatic heterocycles. The van der Waals surface area contributed by atoms with E-state index in [0.29, 0.717) is 33.4 Å². The maximum atomic E-state index is 12.8. The molecule has 0 aliphatic rings. The fourth-order valence-corrected chi connectivity index (χ4v) is 4.50. The van der Waals surface area contributed by atoms with Crippen LogP contribution in [0.2, 0.25) is 10.0 Å². The summed E-state index contributed by atoms with van der Waals surface area (Å²) < 4.78 is 8.74. The van der Waals surface area contributed by atoms with Gasteiger partial charge in [0.25, 0.3) is 0 Å². The molecule has 1 N–H and O–H groups in total. The molecule has 1 aromatic carbocycles. The first-order chi connectivity index (χ1) is 17.3. The van der Waals surface area contributed by atoms with E-state index >= 15 is 0 Å². The molecule has 4 aromatic rings. The summed E-state index contributed by atoms with van der Waals surface area (Å²) in [4.78, 5) is 35.0. The Morgan fingerprint density at radius 2 is 1.97 bits per heavy atom. The Morgan fingerprint density at radius 3 is 2.72 bits per heavy atom. The topological polar surface area (TPSA) is 88.8 Å². The molecule has 0 saturated carbocycles. The fraction of sp³-hybridized carbons (Fsp3) is 0.200. The molecule has 0 saturated heterocycles. The van der Waals surface area contributed by atoms with Gasteiger partial charge < -0.3 is 15.0 Å². The van der Waals surface area contributed by atoms with Gasteiger partial charge in [-0.15, -0.1) is 0 Å². The number of halogens is 3. The average Bonchev–Trinajstić information content (AvgIpc) is 3.16. The van der Waals surface area contributed by atoms with Gasteiger partial charge in [-0.05, 0) is 59.3 Å². The first-order valence-electron chi connectivity index (χ1n) is 10.9. The number of carbonyl (C=O) groups excluding carboxylic acids is 2. The number of ether oxygens (including phenoxy) is 1. The van der Waals surface area contributed by atoms with E-state index in [9.17, 15) is 9.59 Å². The molecule has 0 radical (unpaired) electrons. The van der Waals surface area contributed by atoms with Gasteiger partial charge >= 0.3 is 0 Å². The smallest absolute Gasteiger partial charge is 0.246 e. The fourth-order valence-electron chi connectivity index (χ4n) is 3.52. The van der Waals surface area contributed by atoms with Gasteiger partial charge in [-0.3, -0.25) is 19.0 Å². The lowest BCUT2D eigenvalue weighted by molar-refractivity contribution is -0.124.